The number of carbonyl (C=O) groups is 1. The van der Waals surface area contributed by atoms with Crippen LogP contribution in [0.5, 0.6) is 0 Å². The molecule has 0 amide bonds. The van der Waals surface area contributed by atoms with Crippen molar-refractivity contribution < 1.29 is 19.0 Å². The molecule has 0 spiro atoms. The normalized spacial score (nSPS) is 17.7. The maximum Gasteiger partial charge on any atom is 0.336 e. The van der Waals surface area contributed by atoms with Gasteiger partial charge in [-0.15, -0.1) is 0 Å². The number of hydrogen-bond acceptors (Lipinski definition) is 3. The molecule has 1 N–H and O–H groups in total. The fraction of sp³-hybridized carbons (Fsp3) is 0.263. The van der Waals surface area contributed by atoms with Gasteiger partial charge in [-0.1, -0.05) is 12.1 Å². The van der Waals surface area contributed by atoms with Crippen LogP contribution in [0.15, 0.2) is 42.6 Å². The molecule has 2 aromatic carbocycles. The average molecular weight is 340 g/mol. The third kappa shape index (κ3) is 2.89. The summed E-state index contributed by atoms with van der Waals surface area (Å²) >= 11 is 0. The largest absolute Gasteiger partial charge is 0.478 e. The molecule has 1 unspecified atom stereocenters. The Bertz CT molecular complexity index is 945. The minimum atomic E-state index is -1.03. The van der Waals surface area contributed by atoms with Crippen LogP contribution in [-0.2, 0) is 4.74 Å². The van der Waals surface area contributed by atoms with Crippen LogP contribution in [0.1, 0.15) is 35.8 Å². The second kappa shape index (κ2) is 6.29. The number of fused-ring (bicyclic) bond motifs is 1. The molecular weight excluding hydrogens is 323 g/mol. The molecule has 0 radical (unpaired) electrons. The Labute approximate surface area is 143 Å². The molecule has 1 aliphatic rings. The Morgan fingerprint density at radius 1 is 1.24 bits per heavy atom. The summed E-state index contributed by atoms with van der Waals surface area (Å²) in [5.41, 5.74) is 2.11. The summed E-state index contributed by atoms with van der Waals surface area (Å²) in [6, 6.07) is 9.53. The van der Waals surface area contributed by atoms with Gasteiger partial charge in [-0.25, -0.2) is 13.9 Å². The van der Waals surface area contributed by atoms with Crippen molar-refractivity contribution in [2.75, 3.05) is 6.61 Å². The van der Waals surface area contributed by atoms with Crippen molar-refractivity contribution in [1.29, 1.82) is 0 Å². The fourth-order valence-corrected chi connectivity index (χ4v) is 3.30. The van der Waals surface area contributed by atoms with E-state index in [9.17, 15) is 14.3 Å². The van der Waals surface area contributed by atoms with Crippen LogP contribution in [-0.4, -0.2) is 27.5 Å². The topological polar surface area (TPSA) is 64.3 Å². The minimum absolute atomic E-state index is 0.152. The van der Waals surface area contributed by atoms with Crippen LogP contribution in [0.3, 0.4) is 0 Å². The lowest BCUT2D eigenvalue weighted by molar-refractivity contribution is -0.0366. The van der Waals surface area contributed by atoms with E-state index in [0.717, 1.165) is 19.3 Å². The molecule has 1 fully saturated rings. The molecule has 5 nitrogen and oxygen atoms in total. The molecule has 3 aromatic rings. The molecule has 6 heteroatoms. The molecule has 0 aliphatic carbocycles. The van der Waals surface area contributed by atoms with E-state index in [1.165, 1.54) is 12.1 Å². The number of carboxylic acids is 1. The summed E-state index contributed by atoms with van der Waals surface area (Å²) in [5.74, 6) is -1.40. The number of nitrogens with zero attached hydrogens (tertiary/aromatic N) is 2. The minimum Gasteiger partial charge on any atom is -0.478 e. The highest BCUT2D eigenvalue weighted by atomic mass is 19.1. The molecule has 0 saturated carbocycles. The van der Waals surface area contributed by atoms with Crippen molar-refractivity contribution in [3.8, 4) is 11.1 Å². The zero-order chi connectivity index (χ0) is 17.4. The van der Waals surface area contributed by atoms with E-state index in [0.29, 0.717) is 28.6 Å². The molecule has 1 atom stereocenters. The number of rotatable bonds is 3. The monoisotopic (exact) mass is 340 g/mol. The number of aromatic carboxylic acids is 1. The average Bonchev–Trinajstić information content (AvgIpc) is 3.05. The second-order valence-corrected chi connectivity index (χ2v) is 6.18. The van der Waals surface area contributed by atoms with E-state index < -0.39 is 5.97 Å². The Kier molecular flexibility index (Phi) is 3.97. The van der Waals surface area contributed by atoms with E-state index in [1.807, 2.05) is 6.07 Å². The Morgan fingerprint density at radius 2 is 2.12 bits per heavy atom. The van der Waals surface area contributed by atoms with Crippen LogP contribution in [0.2, 0.25) is 0 Å². The number of ether oxygens (including phenoxy) is 1. The number of hydrogen-bond donors (Lipinski definition) is 1. The van der Waals surface area contributed by atoms with Gasteiger partial charge in [0.05, 0.1) is 17.3 Å². The SMILES string of the molecule is O=C(O)c1cc(-c2cccc(F)c2)cc2c1cnn2C1CCCCO1. The molecule has 2 heterocycles. The first-order valence-electron chi connectivity index (χ1n) is 8.25. The van der Waals surface area contributed by atoms with Gasteiger partial charge < -0.3 is 9.84 Å². The van der Waals surface area contributed by atoms with Crippen LogP contribution in [0, 0.1) is 5.82 Å². The van der Waals surface area contributed by atoms with Gasteiger partial charge in [-0.3, -0.25) is 0 Å². The smallest absolute Gasteiger partial charge is 0.336 e. The maximum atomic E-state index is 13.6. The van der Waals surface area contributed by atoms with Crippen LogP contribution in [0.4, 0.5) is 4.39 Å². The van der Waals surface area contributed by atoms with Gasteiger partial charge in [0, 0.05) is 12.0 Å². The molecule has 0 bridgehead atoms. The molecule has 128 valence electrons. The number of aromatic nitrogens is 2. The van der Waals surface area contributed by atoms with E-state index in [2.05, 4.69) is 5.10 Å². The van der Waals surface area contributed by atoms with Gasteiger partial charge >= 0.3 is 5.97 Å². The zero-order valence-electron chi connectivity index (χ0n) is 13.5. The van der Waals surface area contributed by atoms with E-state index in [1.54, 1.807) is 29.1 Å². The van der Waals surface area contributed by atoms with Crippen LogP contribution >= 0.6 is 0 Å². The van der Waals surface area contributed by atoms with Crippen molar-refractivity contribution in [2.45, 2.75) is 25.5 Å². The molecule has 1 aliphatic heterocycles. The first kappa shape index (κ1) is 15.8. The number of benzene rings is 2. The Hall–Kier alpha value is -2.73. The lowest BCUT2D eigenvalue weighted by Gasteiger charge is -2.23. The van der Waals surface area contributed by atoms with Gasteiger partial charge in [-0.05, 0) is 54.7 Å². The zero-order valence-corrected chi connectivity index (χ0v) is 13.5. The van der Waals surface area contributed by atoms with Crippen molar-refractivity contribution >= 4 is 16.9 Å². The molecule has 25 heavy (non-hydrogen) atoms. The quantitative estimate of drug-likeness (QED) is 0.774. The highest BCUT2D eigenvalue weighted by molar-refractivity contribution is 6.04. The van der Waals surface area contributed by atoms with E-state index in [4.69, 9.17) is 4.74 Å². The summed E-state index contributed by atoms with van der Waals surface area (Å²) in [5, 5.41) is 14.5. The second-order valence-electron chi connectivity index (χ2n) is 6.18. The van der Waals surface area contributed by atoms with Crippen LogP contribution < -0.4 is 0 Å². The molecule has 1 saturated heterocycles. The van der Waals surface area contributed by atoms with Gasteiger partial charge in [0.15, 0.2) is 6.23 Å². The molecule has 1 aromatic heterocycles. The third-order valence-electron chi connectivity index (χ3n) is 4.53. The van der Waals surface area contributed by atoms with Gasteiger partial charge in [0.25, 0.3) is 0 Å². The van der Waals surface area contributed by atoms with Crippen molar-refractivity contribution in [2.24, 2.45) is 0 Å². The van der Waals surface area contributed by atoms with E-state index >= 15 is 0 Å². The lowest BCUT2D eigenvalue weighted by Crippen LogP contribution is -2.19. The fourth-order valence-electron chi connectivity index (χ4n) is 3.30. The summed E-state index contributed by atoms with van der Waals surface area (Å²) in [6.07, 6.45) is 4.26. The Morgan fingerprint density at radius 3 is 2.84 bits per heavy atom. The first-order valence-corrected chi connectivity index (χ1v) is 8.25. The molecule has 4 rings (SSSR count). The standard InChI is InChI=1S/C19H17FN2O3/c20-14-5-3-4-12(8-14)13-9-15(19(23)24)16-11-21-22(17(16)10-13)18-6-1-2-7-25-18/h3-5,8-11,18H,1-2,6-7H2,(H,23,24). The predicted octanol–water partition coefficient (Wildman–Crippen LogP) is 4.24. The highest BCUT2D eigenvalue weighted by Crippen LogP contribution is 2.32. The first-order chi connectivity index (χ1) is 12.1. The highest BCUT2D eigenvalue weighted by Gasteiger charge is 2.21. The van der Waals surface area contributed by atoms with E-state index in [-0.39, 0.29) is 17.6 Å². The van der Waals surface area contributed by atoms with Crippen molar-refractivity contribution in [3.05, 3.63) is 54.0 Å². The number of halogens is 1. The molecular formula is C19H17FN2O3. The summed E-state index contributed by atoms with van der Waals surface area (Å²) in [4.78, 5) is 11.7. The summed E-state index contributed by atoms with van der Waals surface area (Å²) in [7, 11) is 0. The van der Waals surface area contributed by atoms with Crippen molar-refractivity contribution in [3.63, 3.8) is 0 Å². The summed E-state index contributed by atoms with van der Waals surface area (Å²) in [6.45, 7) is 0.668. The van der Waals surface area contributed by atoms with Gasteiger partial charge in [0.1, 0.15) is 5.82 Å². The predicted molar refractivity (Wildman–Crippen MR) is 90.9 cm³/mol. The lowest BCUT2D eigenvalue weighted by atomic mass is 10.00. The number of carboxylic acid groups (broad SMARTS) is 1. The maximum absolute atomic E-state index is 13.6. The van der Waals surface area contributed by atoms with Crippen molar-refractivity contribution in [1.82, 2.24) is 9.78 Å². The van der Waals surface area contributed by atoms with Gasteiger partial charge in [0.2, 0.25) is 0 Å². The van der Waals surface area contributed by atoms with Gasteiger partial charge in [-0.2, -0.15) is 5.10 Å². The summed E-state index contributed by atoms with van der Waals surface area (Å²) < 4.78 is 21.1. The Balaban J connectivity index is 1.91. The third-order valence-corrected chi connectivity index (χ3v) is 4.53. The van der Waals surface area contributed by atoms with Crippen LogP contribution in [0.25, 0.3) is 22.0 Å².